The molecule has 1 aromatic heterocycles. The number of amidine groups is 1. The normalized spacial score (nSPS) is 10.5. The molecule has 2 aromatic rings. The van der Waals surface area contributed by atoms with Gasteiger partial charge in [-0.25, -0.2) is 0 Å². The molecule has 1 aromatic carbocycles. The average molecular weight is 338 g/mol. The van der Waals surface area contributed by atoms with Crippen LogP contribution in [0.1, 0.15) is 16.0 Å². The van der Waals surface area contributed by atoms with E-state index in [1.165, 1.54) is 4.88 Å². The molecule has 0 aliphatic rings. The minimum atomic E-state index is 0.111. The third kappa shape index (κ3) is 3.36. The monoisotopic (exact) mass is 337 g/mol. The molecule has 0 saturated carbocycles. The molecule has 0 atom stereocenters. The smallest absolute Gasteiger partial charge is 0.122 e. The van der Waals surface area contributed by atoms with Crippen LogP contribution in [0.5, 0.6) is 0 Å². The number of benzene rings is 1. The van der Waals surface area contributed by atoms with Crippen molar-refractivity contribution in [3.05, 3.63) is 50.1 Å². The summed E-state index contributed by atoms with van der Waals surface area (Å²) >= 11 is 5.22. The van der Waals surface area contributed by atoms with Gasteiger partial charge in [-0.3, -0.25) is 5.41 Å². The summed E-state index contributed by atoms with van der Waals surface area (Å²) in [7, 11) is 2.07. The molecule has 0 saturated heterocycles. The van der Waals surface area contributed by atoms with Gasteiger partial charge in [0, 0.05) is 33.0 Å². The van der Waals surface area contributed by atoms with Crippen LogP contribution in [0.4, 0.5) is 5.69 Å². The van der Waals surface area contributed by atoms with E-state index in [0.717, 1.165) is 27.8 Å². The number of hydrogen-bond donors (Lipinski definition) is 2. The van der Waals surface area contributed by atoms with E-state index in [4.69, 9.17) is 11.1 Å². The molecule has 0 aliphatic carbocycles. The van der Waals surface area contributed by atoms with Gasteiger partial charge in [0.25, 0.3) is 0 Å². The Morgan fingerprint density at radius 1 is 1.42 bits per heavy atom. The summed E-state index contributed by atoms with van der Waals surface area (Å²) in [4.78, 5) is 3.52. The second-order valence-electron chi connectivity index (χ2n) is 4.50. The minimum Gasteiger partial charge on any atom is -0.384 e. The maximum atomic E-state index is 7.45. The highest BCUT2D eigenvalue weighted by atomic mass is 79.9. The number of rotatable bonds is 4. The van der Waals surface area contributed by atoms with Crippen LogP contribution in [0.15, 0.2) is 34.1 Å². The Morgan fingerprint density at radius 2 is 2.16 bits per heavy atom. The zero-order valence-electron chi connectivity index (χ0n) is 10.9. The lowest BCUT2D eigenvalue weighted by molar-refractivity contribution is 0.933. The summed E-state index contributed by atoms with van der Waals surface area (Å²) in [6.07, 6.45) is 0. The number of nitrogens with two attached hydrogens (primary N) is 1. The van der Waals surface area contributed by atoms with Crippen molar-refractivity contribution in [2.24, 2.45) is 5.73 Å². The molecule has 0 radical (unpaired) electrons. The van der Waals surface area contributed by atoms with E-state index < -0.39 is 0 Å². The molecule has 3 nitrogen and oxygen atoms in total. The molecule has 3 N–H and O–H groups in total. The molecule has 19 heavy (non-hydrogen) atoms. The SMILES string of the molecule is Cc1cc(C(=N)N)ccc1N(C)Cc1cc(Br)cs1. The Balaban J connectivity index is 2.19. The number of nitrogens with one attached hydrogen (secondary N) is 1. The van der Waals surface area contributed by atoms with Crippen molar-refractivity contribution in [2.45, 2.75) is 13.5 Å². The van der Waals surface area contributed by atoms with Crippen molar-refractivity contribution in [3.8, 4) is 0 Å². The zero-order valence-corrected chi connectivity index (χ0v) is 13.3. The topological polar surface area (TPSA) is 53.1 Å². The van der Waals surface area contributed by atoms with Gasteiger partial charge in [-0.15, -0.1) is 11.3 Å². The second kappa shape index (κ2) is 5.75. The molecular weight excluding hydrogens is 322 g/mol. The maximum absolute atomic E-state index is 7.45. The molecule has 0 amide bonds. The van der Waals surface area contributed by atoms with Crippen LogP contribution in [0, 0.1) is 12.3 Å². The van der Waals surface area contributed by atoms with E-state index in [9.17, 15) is 0 Å². The van der Waals surface area contributed by atoms with Crippen molar-refractivity contribution >= 4 is 38.8 Å². The number of nitrogen functional groups attached to an aromatic ring is 1. The van der Waals surface area contributed by atoms with Gasteiger partial charge in [-0.1, -0.05) is 0 Å². The summed E-state index contributed by atoms with van der Waals surface area (Å²) in [6, 6.07) is 8.01. The first-order chi connectivity index (χ1) is 8.97. The first-order valence-corrected chi connectivity index (χ1v) is 7.53. The van der Waals surface area contributed by atoms with Crippen LogP contribution >= 0.6 is 27.3 Å². The molecule has 100 valence electrons. The first-order valence-electron chi connectivity index (χ1n) is 5.86. The van der Waals surface area contributed by atoms with E-state index in [1.54, 1.807) is 11.3 Å². The van der Waals surface area contributed by atoms with Gasteiger partial charge < -0.3 is 10.6 Å². The van der Waals surface area contributed by atoms with Crippen LogP contribution < -0.4 is 10.6 Å². The molecule has 0 unspecified atom stereocenters. The minimum absolute atomic E-state index is 0.111. The van der Waals surface area contributed by atoms with Crippen LogP contribution in [0.3, 0.4) is 0 Å². The Kier molecular flexibility index (Phi) is 4.27. The van der Waals surface area contributed by atoms with E-state index in [1.807, 2.05) is 25.1 Å². The molecule has 0 bridgehead atoms. The molecule has 0 spiro atoms. The van der Waals surface area contributed by atoms with E-state index >= 15 is 0 Å². The van der Waals surface area contributed by atoms with Crippen LogP contribution in [0.2, 0.25) is 0 Å². The Hall–Kier alpha value is -1.33. The number of hydrogen-bond acceptors (Lipinski definition) is 3. The highest BCUT2D eigenvalue weighted by molar-refractivity contribution is 9.10. The zero-order chi connectivity index (χ0) is 14.0. The molecule has 0 fully saturated rings. The average Bonchev–Trinajstić information content (AvgIpc) is 2.74. The molecule has 1 heterocycles. The summed E-state index contributed by atoms with van der Waals surface area (Å²) in [6.45, 7) is 2.92. The number of nitrogens with zero attached hydrogens (tertiary/aromatic N) is 1. The maximum Gasteiger partial charge on any atom is 0.122 e. The lowest BCUT2D eigenvalue weighted by Crippen LogP contribution is -2.18. The van der Waals surface area contributed by atoms with E-state index in [0.29, 0.717) is 0 Å². The molecule has 0 aliphatic heterocycles. The van der Waals surface area contributed by atoms with Gasteiger partial charge in [-0.05, 0) is 52.7 Å². The van der Waals surface area contributed by atoms with Crippen molar-refractivity contribution in [1.29, 1.82) is 5.41 Å². The summed E-state index contributed by atoms with van der Waals surface area (Å²) in [5.41, 5.74) is 8.57. The second-order valence-corrected chi connectivity index (χ2v) is 6.41. The van der Waals surface area contributed by atoms with Crippen molar-refractivity contribution in [3.63, 3.8) is 0 Å². The highest BCUT2D eigenvalue weighted by Gasteiger charge is 2.08. The third-order valence-corrected chi connectivity index (χ3v) is 4.62. The van der Waals surface area contributed by atoms with Gasteiger partial charge in [0.2, 0.25) is 0 Å². The lowest BCUT2D eigenvalue weighted by atomic mass is 10.1. The quantitative estimate of drug-likeness (QED) is 0.659. The molecule has 5 heteroatoms. The fourth-order valence-electron chi connectivity index (χ4n) is 2.01. The van der Waals surface area contributed by atoms with Gasteiger partial charge in [0.05, 0.1) is 6.54 Å². The summed E-state index contributed by atoms with van der Waals surface area (Å²) in [5.74, 6) is 0.111. The van der Waals surface area contributed by atoms with E-state index in [-0.39, 0.29) is 5.84 Å². The Bertz CT molecular complexity index is 606. The van der Waals surface area contributed by atoms with E-state index in [2.05, 4.69) is 39.3 Å². The fourth-order valence-corrected chi connectivity index (χ4v) is 3.51. The Morgan fingerprint density at radius 3 is 2.68 bits per heavy atom. The number of anilines is 1. The number of aryl methyl sites for hydroxylation is 1. The Labute approximate surface area is 125 Å². The predicted octanol–water partition coefficient (Wildman–Crippen LogP) is 3.74. The van der Waals surface area contributed by atoms with Crippen molar-refractivity contribution in [1.82, 2.24) is 0 Å². The predicted molar refractivity (Wildman–Crippen MR) is 86.3 cm³/mol. The van der Waals surface area contributed by atoms with Crippen molar-refractivity contribution in [2.75, 3.05) is 11.9 Å². The first kappa shape index (κ1) is 14.1. The van der Waals surface area contributed by atoms with Gasteiger partial charge in [0.1, 0.15) is 5.84 Å². The summed E-state index contributed by atoms with van der Waals surface area (Å²) < 4.78 is 1.13. The summed E-state index contributed by atoms with van der Waals surface area (Å²) in [5, 5.41) is 9.54. The largest absolute Gasteiger partial charge is 0.384 e. The number of halogens is 1. The number of thiophene rings is 1. The molecular formula is C14H16BrN3S. The van der Waals surface area contributed by atoms with Crippen LogP contribution in [-0.2, 0) is 6.54 Å². The fraction of sp³-hybridized carbons (Fsp3) is 0.214. The highest BCUT2D eigenvalue weighted by Crippen LogP contribution is 2.25. The van der Waals surface area contributed by atoms with Gasteiger partial charge in [0.15, 0.2) is 0 Å². The lowest BCUT2D eigenvalue weighted by Gasteiger charge is -2.21. The standard InChI is InChI=1S/C14H16BrN3S/c1-9-5-10(14(16)17)3-4-13(9)18(2)7-12-6-11(15)8-19-12/h3-6,8H,7H2,1-2H3,(H3,16,17). The van der Waals surface area contributed by atoms with Gasteiger partial charge >= 0.3 is 0 Å². The van der Waals surface area contributed by atoms with Crippen molar-refractivity contribution < 1.29 is 0 Å². The van der Waals surface area contributed by atoms with Gasteiger partial charge in [-0.2, -0.15) is 0 Å². The van der Waals surface area contributed by atoms with Crippen LogP contribution in [0.25, 0.3) is 0 Å². The molecule has 2 rings (SSSR count). The third-order valence-electron chi connectivity index (χ3n) is 2.93. The van der Waals surface area contributed by atoms with Crippen LogP contribution in [-0.4, -0.2) is 12.9 Å².